The Hall–Kier alpha value is -1.59. The highest BCUT2D eigenvalue weighted by Gasteiger charge is 2.34. The summed E-state index contributed by atoms with van der Waals surface area (Å²) >= 11 is 0. The van der Waals surface area contributed by atoms with E-state index in [1.54, 1.807) is 0 Å². The monoisotopic (exact) mass is 333 g/mol. The zero-order valence-corrected chi connectivity index (χ0v) is 15.3. The third kappa shape index (κ3) is 3.57. The number of hydrogen-bond acceptors (Lipinski definition) is 4. The van der Waals surface area contributed by atoms with E-state index in [1.165, 1.54) is 51.4 Å². The third-order valence-electron chi connectivity index (χ3n) is 5.72. The Kier molecular flexibility index (Phi) is 5.11. The van der Waals surface area contributed by atoms with E-state index in [1.807, 2.05) is 25.5 Å². The van der Waals surface area contributed by atoms with Crippen LogP contribution in [0.25, 0.3) is 0 Å². The zero-order chi connectivity index (χ0) is 17.2. The third-order valence-corrected chi connectivity index (χ3v) is 5.72. The molecule has 0 atom stereocenters. The molecule has 0 bridgehead atoms. The number of hydrogen-bond donors (Lipinski definition) is 1. The van der Waals surface area contributed by atoms with Crippen LogP contribution in [0.1, 0.15) is 75.8 Å². The molecule has 1 aliphatic carbocycles. The Morgan fingerprint density at radius 2 is 1.75 bits per heavy atom. The van der Waals surface area contributed by atoms with Crippen molar-refractivity contribution >= 4 is 11.9 Å². The molecule has 1 spiro atoms. The fourth-order valence-corrected chi connectivity index (χ4v) is 4.38. The summed E-state index contributed by atoms with van der Waals surface area (Å²) < 4.78 is 1.84. The van der Waals surface area contributed by atoms with Gasteiger partial charge in [-0.25, -0.2) is 0 Å². The highest BCUT2D eigenvalue weighted by atomic mass is 16.2. The molecule has 1 aromatic heterocycles. The fourth-order valence-electron chi connectivity index (χ4n) is 4.38. The molecular weight excluding hydrogens is 302 g/mol. The molecule has 0 aromatic carbocycles. The van der Waals surface area contributed by atoms with Crippen molar-refractivity contribution in [3.05, 3.63) is 5.82 Å². The van der Waals surface area contributed by atoms with E-state index < -0.39 is 0 Å². The van der Waals surface area contributed by atoms with E-state index in [9.17, 15) is 4.79 Å². The molecule has 2 heterocycles. The quantitative estimate of drug-likeness (QED) is 0.924. The van der Waals surface area contributed by atoms with Crippen LogP contribution in [0.4, 0.5) is 5.95 Å². The van der Waals surface area contributed by atoms with Crippen molar-refractivity contribution in [3.8, 4) is 0 Å². The van der Waals surface area contributed by atoms with E-state index in [-0.39, 0.29) is 11.9 Å². The van der Waals surface area contributed by atoms with Gasteiger partial charge in [0, 0.05) is 26.2 Å². The largest absolute Gasteiger partial charge is 0.347 e. The molecule has 1 N–H and O–H groups in total. The van der Waals surface area contributed by atoms with Gasteiger partial charge in [0.25, 0.3) is 5.91 Å². The maximum Gasteiger partial charge on any atom is 0.289 e. The van der Waals surface area contributed by atoms with Gasteiger partial charge in [-0.15, -0.1) is 10.2 Å². The molecule has 0 unspecified atom stereocenters. The van der Waals surface area contributed by atoms with Crippen molar-refractivity contribution in [1.82, 2.24) is 20.1 Å². The lowest BCUT2D eigenvalue weighted by atomic mass is 9.69. The van der Waals surface area contributed by atoms with E-state index in [4.69, 9.17) is 0 Å². The molecule has 1 aliphatic heterocycles. The second-order valence-electron chi connectivity index (χ2n) is 7.91. The number of anilines is 1. The van der Waals surface area contributed by atoms with Crippen molar-refractivity contribution < 1.29 is 4.79 Å². The SMILES string of the molecule is CC(C)NC(=O)c1nnc(N2CCCC3(CCCCC3)CC2)n1C. The van der Waals surface area contributed by atoms with Crippen LogP contribution in [0.3, 0.4) is 0 Å². The van der Waals surface area contributed by atoms with Crippen molar-refractivity contribution in [2.45, 2.75) is 71.3 Å². The molecule has 3 rings (SSSR count). The maximum absolute atomic E-state index is 12.2. The highest BCUT2D eigenvalue weighted by Crippen LogP contribution is 2.44. The lowest BCUT2D eigenvalue weighted by Crippen LogP contribution is -2.33. The van der Waals surface area contributed by atoms with Gasteiger partial charge in [-0.3, -0.25) is 9.36 Å². The predicted molar refractivity (Wildman–Crippen MR) is 95.2 cm³/mol. The minimum Gasteiger partial charge on any atom is -0.347 e. The molecule has 24 heavy (non-hydrogen) atoms. The van der Waals surface area contributed by atoms with Gasteiger partial charge in [0.2, 0.25) is 11.8 Å². The van der Waals surface area contributed by atoms with Crippen LogP contribution in [0.15, 0.2) is 0 Å². The Bertz CT molecular complexity index is 574. The maximum atomic E-state index is 12.2. The number of carbonyl (C=O) groups is 1. The van der Waals surface area contributed by atoms with Gasteiger partial charge in [-0.05, 0) is 51.4 Å². The molecule has 1 amide bonds. The first-order valence-electron chi connectivity index (χ1n) is 9.46. The smallest absolute Gasteiger partial charge is 0.289 e. The van der Waals surface area contributed by atoms with Gasteiger partial charge in [0.15, 0.2) is 0 Å². The average Bonchev–Trinajstić information content (AvgIpc) is 2.81. The topological polar surface area (TPSA) is 63.1 Å². The summed E-state index contributed by atoms with van der Waals surface area (Å²) in [6.07, 6.45) is 10.8. The van der Waals surface area contributed by atoms with Gasteiger partial charge >= 0.3 is 0 Å². The van der Waals surface area contributed by atoms with Gasteiger partial charge in [0.05, 0.1) is 0 Å². The Balaban J connectivity index is 1.71. The zero-order valence-electron chi connectivity index (χ0n) is 15.3. The Morgan fingerprint density at radius 3 is 2.46 bits per heavy atom. The summed E-state index contributed by atoms with van der Waals surface area (Å²) in [5.41, 5.74) is 0.559. The first-order chi connectivity index (χ1) is 11.5. The Labute approximate surface area is 145 Å². The van der Waals surface area contributed by atoms with Crippen LogP contribution >= 0.6 is 0 Å². The summed E-state index contributed by atoms with van der Waals surface area (Å²) in [6, 6.07) is 0.0991. The van der Waals surface area contributed by atoms with E-state index in [2.05, 4.69) is 20.4 Å². The number of rotatable bonds is 3. The Morgan fingerprint density at radius 1 is 1.04 bits per heavy atom. The van der Waals surface area contributed by atoms with Crippen LogP contribution in [-0.4, -0.2) is 39.8 Å². The van der Waals surface area contributed by atoms with Crippen LogP contribution in [0.5, 0.6) is 0 Å². The van der Waals surface area contributed by atoms with Crippen LogP contribution in [-0.2, 0) is 7.05 Å². The number of aromatic nitrogens is 3. The van der Waals surface area contributed by atoms with Crippen LogP contribution < -0.4 is 10.2 Å². The molecule has 0 radical (unpaired) electrons. The van der Waals surface area contributed by atoms with Gasteiger partial charge in [0.1, 0.15) is 0 Å². The minimum absolute atomic E-state index is 0.0991. The van der Waals surface area contributed by atoms with Gasteiger partial charge < -0.3 is 10.2 Å². The second-order valence-corrected chi connectivity index (χ2v) is 7.91. The number of amides is 1. The summed E-state index contributed by atoms with van der Waals surface area (Å²) in [5, 5.41) is 11.4. The number of nitrogens with one attached hydrogen (secondary N) is 1. The van der Waals surface area contributed by atoms with Crippen LogP contribution in [0.2, 0.25) is 0 Å². The molecule has 1 saturated heterocycles. The predicted octanol–water partition coefficient (Wildman–Crippen LogP) is 2.89. The van der Waals surface area contributed by atoms with E-state index in [0.717, 1.165) is 19.0 Å². The van der Waals surface area contributed by atoms with Gasteiger partial charge in [-0.2, -0.15) is 0 Å². The summed E-state index contributed by atoms with van der Waals surface area (Å²) in [6.45, 7) is 5.94. The molecule has 134 valence electrons. The minimum atomic E-state index is -0.148. The standard InChI is InChI=1S/C18H31N5O/c1-14(2)19-16(24)15-20-21-17(22(15)3)23-12-7-10-18(11-13-23)8-5-4-6-9-18/h14H,4-13H2,1-3H3,(H,19,24). The molecule has 6 heteroatoms. The molecule has 1 saturated carbocycles. The number of nitrogens with zero attached hydrogens (tertiary/aromatic N) is 4. The number of carbonyl (C=O) groups excluding carboxylic acids is 1. The lowest BCUT2D eigenvalue weighted by Gasteiger charge is -2.36. The van der Waals surface area contributed by atoms with E-state index >= 15 is 0 Å². The first-order valence-corrected chi connectivity index (χ1v) is 9.46. The average molecular weight is 333 g/mol. The normalized spacial score (nSPS) is 21.1. The molecule has 6 nitrogen and oxygen atoms in total. The van der Waals surface area contributed by atoms with Crippen molar-refractivity contribution in [3.63, 3.8) is 0 Å². The highest BCUT2D eigenvalue weighted by molar-refractivity contribution is 5.91. The molecule has 1 aromatic rings. The summed E-state index contributed by atoms with van der Waals surface area (Å²) in [4.78, 5) is 14.6. The van der Waals surface area contributed by atoms with Gasteiger partial charge in [-0.1, -0.05) is 19.3 Å². The van der Waals surface area contributed by atoms with E-state index in [0.29, 0.717) is 11.2 Å². The lowest BCUT2D eigenvalue weighted by molar-refractivity contribution is 0.0929. The molecular formula is C18H31N5O. The van der Waals surface area contributed by atoms with Crippen LogP contribution in [0, 0.1) is 5.41 Å². The van der Waals surface area contributed by atoms with Crippen molar-refractivity contribution in [2.75, 3.05) is 18.0 Å². The van der Waals surface area contributed by atoms with Crippen molar-refractivity contribution in [1.29, 1.82) is 0 Å². The first kappa shape index (κ1) is 17.2. The fraction of sp³-hybridized carbons (Fsp3) is 0.833. The summed E-state index contributed by atoms with van der Waals surface area (Å²) in [7, 11) is 1.89. The molecule has 2 fully saturated rings. The second kappa shape index (κ2) is 7.11. The molecule has 2 aliphatic rings. The van der Waals surface area contributed by atoms with Crippen molar-refractivity contribution in [2.24, 2.45) is 12.5 Å². The summed E-state index contributed by atoms with van der Waals surface area (Å²) in [5.74, 6) is 1.08.